The first-order valence-electron chi connectivity index (χ1n) is 6.84. The van der Waals surface area contributed by atoms with Crippen LogP contribution in [0.2, 0.25) is 0 Å². The molecule has 0 saturated carbocycles. The van der Waals surface area contributed by atoms with Gasteiger partial charge in [0, 0.05) is 17.6 Å². The van der Waals surface area contributed by atoms with Gasteiger partial charge >= 0.3 is 5.97 Å². The fraction of sp³-hybridized carbons (Fsp3) is 0.400. The van der Waals surface area contributed by atoms with Gasteiger partial charge in [0.2, 0.25) is 0 Å². The number of fused-ring (bicyclic) bond motifs is 1. The number of benzene rings is 1. The molecule has 6 heteroatoms. The van der Waals surface area contributed by atoms with Crippen molar-refractivity contribution in [2.75, 3.05) is 0 Å². The van der Waals surface area contributed by atoms with E-state index in [0.717, 1.165) is 5.39 Å². The van der Waals surface area contributed by atoms with Gasteiger partial charge in [-0.1, -0.05) is 12.1 Å². The van der Waals surface area contributed by atoms with Crippen LogP contribution in [-0.2, 0) is 22.1 Å². The molecule has 0 radical (unpaired) electrons. The van der Waals surface area contributed by atoms with Crippen LogP contribution in [0.3, 0.4) is 0 Å². The van der Waals surface area contributed by atoms with Crippen LogP contribution in [0.15, 0.2) is 24.3 Å². The minimum atomic E-state index is -3.23. The highest BCUT2D eigenvalue weighted by Gasteiger charge is 2.22. The average molecular weight is 309 g/mol. The maximum Gasteiger partial charge on any atom is 0.337 e. The maximum atomic E-state index is 12.1. The van der Waals surface area contributed by atoms with Crippen molar-refractivity contribution in [3.05, 3.63) is 35.5 Å². The lowest BCUT2D eigenvalue weighted by Crippen LogP contribution is -2.18. The summed E-state index contributed by atoms with van der Waals surface area (Å²) in [6, 6.07) is 6.79. The molecule has 0 aliphatic rings. The van der Waals surface area contributed by atoms with Crippen molar-refractivity contribution in [2.45, 2.75) is 38.3 Å². The Bertz CT molecular complexity index is 787. The molecule has 0 bridgehead atoms. The molecule has 2 aromatic rings. The monoisotopic (exact) mass is 309 g/mol. The van der Waals surface area contributed by atoms with Crippen molar-refractivity contribution in [3.8, 4) is 0 Å². The Morgan fingerprint density at radius 1 is 1.33 bits per heavy atom. The molecule has 1 aromatic carbocycles. The number of aromatic nitrogens is 1. The summed E-state index contributed by atoms with van der Waals surface area (Å²) in [5.41, 5.74) is 1.42. The Kier molecular flexibility index (Phi) is 4.09. The molecule has 0 fully saturated rings. The molecule has 0 amide bonds. The van der Waals surface area contributed by atoms with E-state index in [1.165, 1.54) is 6.07 Å². The van der Waals surface area contributed by atoms with Gasteiger partial charge in [0.05, 0.1) is 22.1 Å². The Hall–Kier alpha value is -1.82. The van der Waals surface area contributed by atoms with Crippen LogP contribution in [0, 0.1) is 0 Å². The molecular formula is C15H19NO4S. The van der Waals surface area contributed by atoms with Crippen LogP contribution in [0.5, 0.6) is 0 Å². The summed E-state index contributed by atoms with van der Waals surface area (Å²) >= 11 is 0. The molecule has 1 N–H and O–H groups in total. The van der Waals surface area contributed by atoms with Crippen LogP contribution in [0.4, 0.5) is 0 Å². The number of rotatable bonds is 5. The summed E-state index contributed by atoms with van der Waals surface area (Å²) < 4.78 is 26.0. The van der Waals surface area contributed by atoms with Crippen molar-refractivity contribution in [1.29, 1.82) is 0 Å². The van der Waals surface area contributed by atoms with E-state index in [1.54, 1.807) is 36.6 Å². The number of carbonyl (C=O) groups is 1. The molecule has 0 saturated heterocycles. The van der Waals surface area contributed by atoms with Gasteiger partial charge in [-0.2, -0.15) is 0 Å². The van der Waals surface area contributed by atoms with Crippen LogP contribution in [0.1, 0.15) is 36.8 Å². The molecule has 114 valence electrons. The Morgan fingerprint density at radius 3 is 2.52 bits per heavy atom. The van der Waals surface area contributed by atoms with Crippen LogP contribution in [-0.4, -0.2) is 29.3 Å². The summed E-state index contributed by atoms with van der Waals surface area (Å²) in [5.74, 6) is -1.08. The van der Waals surface area contributed by atoms with Crippen LogP contribution in [0.25, 0.3) is 10.9 Å². The third-order valence-corrected chi connectivity index (χ3v) is 5.75. The summed E-state index contributed by atoms with van der Waals surface area (Å²) in [4.78, 5) is 11.4. The summed E-state index contributed by atoms with van der Waals surface area (Å²) in [6.07, 6.45) is 0. The lowest BCUT2D eigenvalue weighted by atomic mass is 10.1. The van der Waals surface area contributed by atoms with Gasteiger partial charge in [-0.3, -0.25) is 0 Å². The Labute approximate surface area is 124 Å². The smallest absolute Gasteiger partial charge is 0.337 e. The van der Waals surface area contributed by atoms with E-state index in [-0.39, 0.29) is 11.3 Å². The fourth-order valence-corrected chi connectivity index (χ4v) is 3.39. The predicted molar refractivity (Wildman–Crippen MR) is 82.3 cm³/mol. The molecule has 0 unspecified atom stereocenters. The van der Waals surface area contributed by atoms with Gasteiger partial charge < -0.3 is 9.67 Å². The van der Waals surface area contributed by atoms with Crippen molar-refractivity contribution in [3.63, 3.8) is 0 Å². The highest BCUT2D eigenvalue weighted by atomic mass is 32.2. The maximum absolute atomic E-state index is 12.1. The zero-order chi connectivity index (χ0) is 15.8. The molecular weight excluding hydrogens is 290 g/mol. The van der Waals surface area contributed by atoms with E-state index < -0.39 is 21.1 Å². The molecule has 0 aliphatic carbocycles. The second-order valence-corrected chi connectivity index (χ2v) is 7.84. The number of nitrogens with zero attached hydrogens (tertiary/aromatic N) is 1. The van der Waals surface area contributed by atoms with Gasteiger partial charge in [0.1, 0.15) is 0 Å². The molecule has 0 spiro atoms. The summed E-state index contributed by atoms with van der Waals surface area (Å²) in [6.45, 7) is 5.70. The van der Waals surface area contributed by atoms with Gasteiger partial charge in [-0.05, 0) is 32.9 Å². The molecule has 2 rings (SSSR count). The first kappa shape index (κ1) is 15.6. The van der Waals surface area contributed by atoms with Gasteiger partial charge in [-0.25, -0.2) is 13.2 Å². The van der Waals surface area contributed by atoms with Gasteiger partial charge in [0.25, 0.3) is 0 Å². The number of hydrogen-bond donors (Lipinski definition) is 1. The number of hydrogen-bond acceptors (Lipinski definition) is 3. The van der Waals surface area contributed by atoms with Gasteiger partial charge in [-0.15, -0.1) is 0 Å². The zero-order valence-corrected chi connectivity index (χ0v) is 13.1. The standard InChI is InChI=1S/C15H19NO4S/c1-4-16-12(9-21(19,20)10(2)3)8-11-6-5-7-13(14(11)16)15(17)18/h5-8,10H,4,9H2,1-3H3,(H,17,18). The third-order valence-electron chi connectivity index (χ3n) is 3.62. The second kappa shape index (κ2) is 5.52. The minimum absolute atomic E-state index is 0.0771. The molecule has 1 aromatic heterocycles. The highest BCUT2D eigenvalue weighted by Crippen LogP contribution is 2.25. The topological polar surface area (TPSA) is 76.4 Å². The molecule has 1 heterocycles. The number of carboxylic acid groups (broad SMARTS) is 1. The van der Waals surface area contributed by atoms with Crippen molar-refractivity contribution in [2.24, 2.45) is 0 Å². The number of aromatic carboxylic acids is 1. The van der Waals surface area contributed by atoms with E-state index in [4.69, 9.17) is 0 Å². The number of carboxylic acids is 1. The number of para-hydroxylation sites is 1. The Balaban J connectivity index is 2.67. The summed E-state index contributed by atoms with van der Waals surface area (Å²) in [5, 5.41) is 9.60. The first-order chi connectivity index (χ1) is 9.77. The fourth-order valence-electron chi connectivity index (χ4n) is 2.41. The van der Waals surface area contributed by atoms with Crippen LogP contribution < -0.4 is 0 Å². The van der Waals surface area contributed by atoms with Crippen molar-refractivity contribution < 1.29 is 18.3 Å². The average Bonchev–Trinajstić information content (AvgIpc) is 2.74. The quantitative estimate of drug-likeness (QED) is 0.921. The van der Waals surface area contributed by atoms with E-state index in [9.17, 15) is 18.3 Å². The first-order valence-corrected chi connectivity index (χ1v) is 8.55. The molecule has 5 nitrogen and oxygen atoms in total. The zero-order valence-electron chi connectivity index (χ0n) is 12.3. The Morgan fingerprint density at radius 2 is 2.00 bits per heavy atom. The third kappa shape index (κ3) is 2.81. The van der Waals surface area contributed by atoms with Gasteiger partial charge in [0.15, 0.2) is 9.84 Å². The number of sulfone groups is 1. The van der Waals surface area contributed by atoms with E-state index in [2.05, 4.69) is 0 Å². The summed E-state index contributed by atoms with van der Waals surface area (Å²) in [7, 11) is -3.23. The number of aryl methyl sites for hydroxylation is 1. The van der Waals surface area contributed by atoms with Crippen LogP contribution >= 0.6 is 0 Å². The van der Waals surface area contributed by atoms with Crippen molar-refractivity contribution in [1.82, 2.24) is 4.57 Å². The largest absolute Gasteiger partial charge is 0.478 e. The predicted octanol–water partition coefficient (Wildman–Crippen LogP) is 2.68. The SMILES string of the molecule is CCn1c(CS(=O)(=O)C(C)C)cc2cccc(C(=O)O)c21. The highest BCUT2D eigenvalue weighted by molar-refractivity contribution is 7.91. The van der Waals surface area contributed by atoms with E-state index >= 15 is 0 Å². The minimum Gasteiger partial charge on any atom is -0.478 e. The second-order valence-electron chi connectivity index (χ2n) is 5.28. The lowest BCUT2D eigenvalue weighted by molar-refractivity contribution is 0.0698. The molecule has 0 aliphatic heterocycles. The lowest BCUT2D eigenvalue weighted by Gasteiger charge is -2.11. The molecule has 0 atom stereocenters. The normalized spacial score (nSPS) is 12.2. The van der Waals surface area contributed by atoms with E-state index in [1.807, 2.05) is 6.92 Å². The van der Waals surface area contributed by atoms with Crippen molar-refractivity contribution >= 4 is 26.7 Å². The van der Waals surface area contributed by atoms with E-state index in [0.29, 0.717) is 17.8 Å². The molecule has 21 heavy (non-hydrogen) atoms.